The number of rotatable bonds is 2. The van der Waals surface area contributed by atoms with Gasteiger partial charge in [0.1, 0.15) is 11.5 Å². The number of methoxy groups -OCH3 is 2. The lowest BCUT2D eigenvalue weighted by Crippen LogP contribution is -2.20. The predicted octanol–water partition coefficient (Wildman–Crippen LogP) is 2.71. The van der Waals surface area contributed by atoms with Crippen molar-refractivity contribution in [1.82, 2.24) is 0 Å². The molecule has 0 saturated carbocycles. The van der Waals surface area contributed by atoms with Crippen molar-refractivity contribution in [2.24, 2.45) is 5.73 Å². The third-order valence-corrected chi connectivity index (χ3v) is 4.36. The van der Waals surface area contributed by atoms with E-state index in [0.29, 0.717) is 0 Å². The molecule has 0 bridgehead atoms. The Labute approximate surface area is 108 Å². The average Bonchev–Trinajstić information content (AvgIpc) is 2.29. The van der Waals surface area contributed by atoms with Crippen LogP contribution in [0.25, 0.3) is 0 Å². The van der Waals surface area contributed by atoms with Gasteiger partial charge in [-0.1, -0.05) is 0 Å². The normalized spacial score (nSPS) is 19.1. The topological polar surface area (TPSA) is 44.5 Å². The summed E-state index contributed by atoms with van der Waals surface area (Å²) >= 11 is 5.31. The van der Waals surface area contributed by atoms with Gasteiger partial charge >= 0.3 is 0 Å². The van der Waals surface area contributed by atoms with Crippen molar-refractivity contribution in [2.45, 2.75) is 11.8 Å². The summed E-state index contributed by atoms with van der Waals surface area (Å²) in [6, 6.07) is 1.95. The summed E-state index contributed by atoms with van der Waals surface area (Å²) in [7, 11) is 3.35. The minimum atomic E-state index is 0.00935. The molecule has 0 aromatic heterocycles. The van der Waals surface area contributed by atoms with Crippen LogP contribution in [0.3, 0.4) is 0 Å². The first-order chi connectivity index (χ1) is 7.69. The van der Waals surface area contributed by atoms with Crippen LogP contribution in [0.15, 0.2) is 10.5 Å². The average molecular weight is 304 g/mol. The number of nitrogens with two attached hydrogens (primary N) is 1. The zero-order valence-corrected chi connectivity index (χ0v) is 11.7. The first-order valence-corrected chi connectivity index (χ1v) is 6.90. The van der Waals surface area contributed by atoms with Gasteiger partial charge in [-0.25, -0.2) is 0 Å². The van der Waals surface area contributed by atoms with E-state index in [1.165, 1.54) is 0 Å². The molecular formula is C11H14BrNO2S. The fourth-order valence-corrected chi connectivity index (χ4v) is 3.59. The fraction of sp³-hybridized carbons (Fsp3) is 0.455. The van der Waals surface area contributed by atoms with E-state index in [-0.39, 0.29) is 6.04 Å². The molecule has 1 atom stereocenters. The van der Waals surface area contributed by atoms with E-state index < -0.39 is 0 Å². The van der Waals surface area contributed by atoms with E-state index in [1.54, 1.807) is 14.2 Å². The van der Waals surface area contributed by atoms with Crippen LogP contribution in [-0.2, 0) is 5.75 Å². The van der Waals surface area contributed by atoms with Gasteiger partial charge in [-0.05, 0) is 22.0 Å². The number of ether oxygens (including phenoxy) is 2. The molecule has 0 saturated heterocycles. The van der Waals surface area contributed by atoms with E-state index in [2.05, 4.69) is 15.9 Å². The second-order valence-corrected chi connectivity index (χ2v) is 5.49. The SMILES string of the molecule is COc1cc(Br)c(OC)c2c1CSC[C@@H]2N. The van der Waals surface area contributed by atoms with Crippen LogP contribution in [-0.4, -0.2) is 20.0 Å². The Morgan fingerprint density at radius 2 is 2.19 bits per heavy atom. The van der Waals surface area contributed by atoms with Gasteiger partial charge in [-0.3, -0.25) is 0 Å². The molecule has 3 nitrogen and oxygen atoms in total. The fourth-order valence-electron chi connectivity index (χ4n) is 1.97. The highest BCUT2D eigenvalue weighted by molar-refractivity contribution is 9.10. The van der Waals surface area contributed by atoms with Crippen molar-refractivity contribution >= 4 is 27.7 Å². The van der Waals surface area contributed by atoms with Gasteiger partial charge < -0.3 is 15.2 Å². The number of halogens is 1. The molecule has 88 valence electrons. The van der Waals surface area contributed by atoms with Gasteiger partial charge in [0.25, 0.3) is 0 Å². The summed E-state index contributed by atoms with van der Waals surface area (Å²) in [4.78, 5) is 0. The molecule has 1 aromatic carbocycles. The molecule has 2 rings (SSSR count). The second-order valence-electron chi connectivity index (χ2n) is 3.61. The summed E-state index contributed by atoms with van der Waals surface area (Å²) in [6.07, 6.45) is 0. The molecule has 1 heterocycles. The summed E-state index contributed by atoms with van der Waals surface area (Å²) in [5, 5.41) is 0. The van der Waals surface area contributed by atoms with Crippen molar-refractivity contribution in [3.8, 4) is 11.5 Å². The first kappa shape index (κ1) is 12.1. The van der Waals surface area contributed by atoms with Crippen LogP contribution >= 0.6 is 27.7 Å². The summed E-state index contributed by atoms with van der Waals surface area (Å²) in [6.45, 7) is 0. The molecule has 2 N–H and O–H groups in total. The standard InChI is InChI=1S/C11H14BrNO2S/c1-14-9-3-7(12)11(15-2)10-6(9)4-16-5-8(10)13/h3,8H,4-5,13H2,1-2H3/t8-/m0/s1. The monoisotopic (exact) mass is 303 g/mol. The predicted molar refractivity (Wildman–Crippen MR) is 70.3 cm³/mol. The van der Waals surface area contributed by atoms with Crippen molar-refractivity contribution in [2.75, 3.05) is 20.0 Å². The van der Waals surface area contributed by atoms with E-state index in [4.69, 9.17) is 15.2 Å². The number of hydrogen-bond donors (Lipinski definition) is 1. The highest BCUT2D eigenvalue weighted by Crippen LogP contribution is 2.45. The van der Waals surface area contributed by atoms with E-state index in [9.17, 15) is 0 Å². The van der Waals surface area contributed by atoms with E-state index in [0.717, 1.165) is 38.6 Å². The van der Waals surface area contributed by atoms with Gasteiger partial charge in [-0.2, -0.15) is 11.8 Å². The van der Waals surface area contributed by atoms with Crippen molar-refractivity contribution < 1.29 is 9.47 Å². The Hall–Kier alpha value is -0.390. The third kappa shape index (κ3) is 1.92. The lowest BCUT2D eigenvalue weighted by molar-refractivity contribution is 0.390. The number of fused-ring (bicyclic) bond motifs is 1. The van der Waals surface area contributed by atoms with Crippen molar-refractivity contribution in [3.63, 3.8) is 0 Å². The van der Waals surface area contributed by atoms with Gasteiger partial charge in [0.05, 0.1) is 18.7 Å². The number of hydrogen-bond acceptors (Lipinski definition) is 4. The molecular weight excluding hydrogens is 290 g/mol. The summed E-state index contributed by atoms with van der Waals surface area (Å²) in [5.74, 6) is 3.56. The van der Waals surface area contributed by atoms with Crippen LogP contribution in [0.5, 0.6) is 11.5 Å². The molecule has 0 amide bonds. The third-order valence-electron chi connectivity index (χ3n) is 2.68. The molecule has 16 heavy (non-hydrogen) atoms. The molecule has 0 aliphatic carbocycles. The van der Waals surface area contributed by atoms with Crippen LogP contribution in [0.1, 0.15) is 17.2 Å². The summed E-state index contributed by atoms with van der Waals surface area (Å²) in [5.41, 5.74) is 8.37. The lowest BCUT2D eigenvalue weighted by Gasteiger charge is -2.26. The van der Waals surface area contributed by atoms with Gasteiger partial charge in [0.2, 0.25) is 0 Å². The van der Waals surface area contributed by atoms with Crippen molar-refractivity contribution in [1.29, 1.82) is 0 Å². The zero-order valence-electron chi connectivity index (χ0n) is 9.25. The molecule has 5 heteroatoms. The first-order valence-electron chi connectivity index (χ1n) is 4.95. The van der Waals surface area contributed by atoms with E-state index in [1.807, 2.05) is 17.8 Å². The van der Waals surface area contributed by atoms with Crippen LogP contribution in [0.2, 0.25) is 0 Å². The molecule has 0 radical (unpaired) electrons. The smallest absolute Gasteiger partial charge is 0.138 e. The molecule has 1 aromatic rings. The molecule has 0 unspecified atom stereocenters. The van der Waals surface area contributed by atoms with Crippen LogP contribution in [0.4, 0.5) is 0 Å². The van der Waals surface area contributed by atoms with E-state index >= 15 is 0 Å². The largest absolute Gasteiger partial charge is 0.496 e. The Morgan fingerprint density at radius 1 is 1.44 bits per heavy atom. The molecule has 1 aliphatic heterocycles. The number of thioether (sulfide) groups is 1. The van der Waals surface area contributed by atoms with Gasteiger partial charge in [-0.15, -0.1) is 0 Å². The van der Waals surface area contributed by atoms with Crippen molar-refractivity contribution in [3.05, 3.63) is 21.7 Å². The Morgan fingerprint density at radius 3 is 2.81 bits per heavy atom. The number of benzene rings is 1. The zero-order chi connectivity index (χ0) is 11.7. The molecule has 1 aliphatic rings. The highest BCUT2D eigenvalue weighted by Gasteiger charge is 2.26. The summed E-state index contributed by atoms with van der Waals surface area (Å²) < 4.78 is 11.7. The van der Waals surface area contributed by atoms with Crippen LogP contribution < -0.4 is 15.2 Å². The minimum Gasteiger partial charge on any atom is -0.496 e. The highest BCUT2D eigenvalue weighted by atomic mass is 79.9. The maximum atomic E-state index is 6.14. The lowest BCUT2D eigenvalue weighted by atomic mass is 10.00. The van der Waals surface area contributed by atoms with Gasteiger partial charge in [0, 0.05) is 28.7 Å². The van der Waals surface area contributed by atoms with Gasteiger partial charge in [0.15, 0.2) is 0 Å². The maximum Gasteiger partial charge on any atom is 0.138 e. The second kappa shape index (κ2) is 4.85. The molecule has 0 spiro atoms. The maximum absolute atomic E-state index is 6.14. The van der Waals surface area contributed by atoms with Crippen LogP contribution in [0, 0.1) is 0 Å². The Balaban J connectivity index is 2.66. The molecule has 0 fully saturated rings. The quantitative estimate of drug-likeness (QED) is 0.912. The Bertz CT molecular complexity index is 411. The Kier molecular flexibility index (Phi) is 3.66. The minimum absolute atomic E-state index is 0.00935.